The number of amides is 1. The summed E-state index contributed by atoms with van der Waals surface area (Å²) in [6, 6.07) is 11.6. The van der Waals surface area contributed by atoms with E-state index in [-0.39, 0.29) is 17.4 Å². The molecule has 0 fully saturated rings. The van der Waals surface area contributed by atoms with Gasteiger partial charge < -0.3 is 14.6 Å². The van der Waals surface area contributed by atoms with Gasteiger partial charge in [0.25, 0.3) is 0 Å². The lowest BCUT2D eigenvalue weighted by molar-refractivity contribution is -0.137. The SMILES string of the molecule is CC(C)Cn1c(SCC(=O)Nc2cccc(C(F)(F)F)c2)nnc1C(C)Oc1ccccc1Cl. The highest BCUT2D eigenvalue weighted by Crippen LogP contribution is 2.31. The van der Waals surface area contributed by atoms with E-state index in [4.69, 9.17) is 16.3 Å². The number of benzene rings is 2. The maximum Gasteiger partial charge on any atom is 0.416 e. The number of hydrogen-bond donors (Lipinski definition) is 1. The molecule has 0 spiro atoms. The van der Waals surface area contributed by atoms with Gasteiger partial charge in [-0.05, 0) is 43.2 Å². The molecule has 0 saturated carbocycles. The predicted molar refractivity (Wildman–Crippen MR) is 126 cm³/mol. The third kappa shape index (κ3) is 6.89. The van der Waals surface area contributed by atoms with E-state index in [1.54, 1.807) is 18.2 Å². The zero-order valence-electron chi connectivity index (χ0n) is 18.8. The topological polar surface area (TPSA) is 69.0 Å². The van der Waals surface area contributed by atoms with Crippen molar-refractivity contribution >= 4 is 35.0 Å². The molecule has 6 nitrogen and oxygen atoms in total. The van der Waals surface area contributed by atoms with Crippen molar-refractivity contribution in [3.63, 3.8) is 0 Å². The van der Waals surface area contributed by atoms with Crippen LogP contribution in [0, 0.1) is 5.92 Å². The summed E-state index contributed by atoms with van der Waals surface area (Å²) < 4.78 is 46.6. The van der Waals surface area contributed by atoms with Crippen LogP contribution in [0.4, 0.5) is 18.9 Å². The summed E-state index contributed by atoms with van der Waals surface area (Å²) in [5.74, 6) is 0.859. The number of thioether (sulfide) groups is 1. The summed E-state index contributed by atoms with van der Waals surface area (Å²) in [5.41, 5.74) is -0.752. The van der Waals surface area contributed by atoms with Crippen molar-refractivity contribution in [1.82, 2.24) is 14.8 Å². The van der Waals surface area contributed by atoms with Crippen molar-refractivity contribution in [3.05, 3.63) is 64.9 Å². The highest BCUT2D eigenvalue weighted by Gasteiger charge is 2.30. The number of nitrogens with zero attached hydrogens (tertiary/aromatic N) is 3. The summed E-state index contributed by atoms with van der Waals surface area (Å²) in [6.45, 7) is 6.51. The van der Waals surface area contributed by atoms with Crippen molar-refractivity contribution in [2.45, 2.75) is 44.8 Å². The van der Waals surface area contributed by atoms with Crippen LogP contribution in [0.5, 0.6) is 5.75 Å². The normalized spacial score (nSPS) is 12.6. The molecule has 1 N–H and O–H groups in total. The Morgan fingerprint density at radius 1 is 1.15 bits per heavy atom. The second kappa shape index (κ2) is 11.1. The fourth-order valence-electron chi connectivity index (χ4n) is 3.13. The first-order valence-electron chi connectivity index (χ1n) is 10.5. The van der Waals surface area contributed by atoms with Gasteiger partial charge in [-0.15, -0.1) is 10.2 Å². The fraction of sp³-hybridized carbons (Fsp3) is 0.348. The summed E-state index contributed by atoms with van der Waals surface area (Å²) in [6.07, 6.45) is -4.94. The number of rotatable bonds is 9. The molecule has 0 aliphatic heterocycles. The van der Waals surface area contributed by atoms with Crippen molar-refractivity contribution < 1.29 is 22.7 Å². The van der Waals surface area contributed by atoms with E-state index < -0.39 is 23.8 Å². The molecule has 34 heavy (non-hydrogen) atoms. The average molecular weight is 513 g/mol. The maximum absolute atomic E-state index is 12.9. The monoisotopic (exact) mass is 512 g/mol. The largest absolute Gasteiger partial charge is 0.481 e. The third-order valence-corrected chi connectivity index (χ3v) is 5.88. The summed E-state index contributed by atoms with van der Waals surface area (Å²) in [7, 11) is 0. The molecule has 1 unspecified atom stereocenters. The fourth-order valence-corrected chi connectivity index (χ4v) is 4.06. The molecule has 1 amide bonds. The quantitative estimate of drug-likeness (QED) is 0.332. The summed E-state index contributed by atoms with van der Waals surface area (Å²) in [4.78, 5) is 12.4. The molecule has 0 radical (unpaired) electrons. The van der Waals surface area contributed by atoms with Crippen LogP contribution >= 0.6 is 23.4 Å². The Morgan fingerprint density at radius 2 is 1.88 bits per heavy atom. The number of alkyl halides is 3. The molecule has 1 heterocycles. The Morgan fingerprint density at radius 3 is 2.56 bits per heavy atom. The van der Waals surface area contributed by atoms with E-state index in [0.717, 1.165) is 23.9 Å². The second-order valence-electron chi connectivity index (χ2n) is 7.95. The second-order valence-corrected chi connectivity index (χ2v) is 9.30. The highest BCUT2D eigenvalue weighted by atomic mass is 35.5. The van der Waals surface area contributed by atoms with Gasteiger partial charge in [-0.3, -0.25) is 4.79 Å². The molecular weight excluding hydrogens is 489 g/mol. The number of carbonyl (C=O) groups is 1. The van der Waals surface area contributed by atoms with Crippen LogP contribution in [0.25, 0.3) is 0 Å². The van der Waals surface area contributed by atoms with E-state index in [1.165, 1.54) is 12.1 Å². The van der Waals surface area contributed by atoms with Crippen LogP contribution in [0.3, 0.4) is 0 Å². The molecule has 1 aromatic heterocycles. The molecule has 0 aliphatic carbocycles. The molecule has 11 heteroatoms. The van der Waals surface area contributed by atoms with E-state index in [0.29, 0.717) is 28.3 Å². The molecule has 182 valence electrons. The molecule has 0 aliphatic rings. The van der Waals surface area contributed by atoms with Crippen LogP contribution in [-0.4, -0.2) is 26.4 Å². The van der Waals surface area contributed by atoms with Gasteiger partial charge in [0.1, 0.15) is 5.75 Å². The number of hydrogen-bond acceptors (Lipinski definition) is 5. The minimum atomic E-state index is -4.48. The number of anilines is 1. The van der Waals surface area contributed by atoms with Crippen LogP contribution < -0.4 is 10.1 Å². The lowest BCUT2D eigenvalue weighted by atomic mass is 10.2. The first-order chi connectivity index (χ1) is 16.0. The Kier molecular flexibility index (Phi) is 8.48. The molecular formula is C23H24ClF3N4O2S. The van der Waals surface area contributed by atoms with Gasteiger partial charge in [0, 0.05) is 12.2 Å². The zero-order valence-corrected chi connectivity index (χ0v) is 20.3. The molecule has 0 saturated heterocycles. The Balaban J connectivity index is 1.70. The molecule has 3 rings (SSSR count). The predicted octanol–water partition coefficient (Wildman–Crippen LogP) is 6.48. The lowest BCUT2D eigenvalue weighted by Gasteiger charge is -2.18. The number of nitrogens with one attached hydrogen (secondary N) is 1. The van der Waals surface area contributed by atoms with E-state index in [1.807, 2.05) is 31.4 Å². The first kappa shape index (κ1) is 25.9. The highest BCUT2D eigenvalue weighted by molar-refractivity contribution is 7.99. The Bertz CT molecular complexity index is 1140. The molecule has 0 bridgehead atoms. The Labute approximate surface area is 204 Å². The molecule has 1 atom stereocenters. The zero-order chi connectivity index (χ0) is 24.9. The van der Waals surface area contributed by atoms with Crippen LogP contribution in [-0.2, 0) is 17.5 Å². The average Bonchev–Trinajstić information content (AvgIpc) is 3.15. The van der Waals surface area contributed by atoms with Gasteiger partial charge in [-0.1, -0.05) is 55.4 Å². The van der Waals surface area contributed by atoms with Crippen LogP contribution in [0.2, 0.25) is 5.02 Å². The van der Waals surface area contributed by atoms with Gasteiger partial charge in [0.05, 0.1) is 16.3 Å². The minimum absolute atomic E-state index is 0.0494. The van der Waals surface area contributed by atoms with Crippen LogP contribution in [0.1, 0.15) is 38.3 Å². The van der Waals surface area contributed by atoms with Crippen molar-refractivity contribution in [2.24, 2.45) is 5.92 Å². The minimum Gasteiger partial charge on any atom is -0.481 e. The number of aromatic nitrogens is 3. The summed E-state index contributed by atoms with van der Waals surface area (Å²) in [5, 5.41) is 12.0. The van der Waals surface area contributed by atoms with Gasteiger partial charge in [-0.2, -0.15) is 13.2 Å². The van der Waals surface area contributed by atoms with E-state index in [9.17, 15) is 18.0 Å². The molecule has 3 aromatic rings. The van der Waals surface area contributed by atoms with Gasteiger partial charge in [0.15, 0.2) is 17.1 Å². The van der Waals surface area contributed by atoms with Gasteiger partial charge in [0.2, 0.25) is 5.91 Å². The summed E-state index contributed by atoms with van der Waals surface area (Å²) >= 11 is 7.34. The molecule has 2 aromatic carbocycles. The first-order valence-corrected chi connectivity index (χ1v) is 11.8. The standard InChI is InChI=1S/C23H24ClF3N4O2S/c1-14(2)12-31-21(15(3)33-19-10-5-4-9-18(19)24)29-30-22(31)34-13-20(32)28-17-8-6-7-16(11-17)23(25,26)27/h4-11,14-15H,12-13H2,1-3H3,(H,28,32). The van der Waals surface area contributed by atoms with E-state index in [2.05, 4.69) is 15.5 Å². The van der Waals surface area contributed by atoms with Crippen molar-refractivity contribution in [1.29, 1.82) is 0 Å². The van der Waals surface area contributed by atoms with Gasteiger partial charge >= 0.3 is 6.18 Å². The number of carbonyl (C=O) groups excluding carboxylic acids is 1. The number of ether oxygens (including phenoxy) is 1. The van der Waals surface area contributed by atoms with Gasteiger partial charge in [-0.25, -0.2) is 0 Å². The van der Waals surface area contributed by atoms with E-state index >= 15 is 0 Å². The number of para-hydroxylation sites is 1. The Hall–Kier alpha value is -2.72. The van der Waals surface area contributed by atoms with Crippen molar-refractivity contribution in [3.8, 4) is 5.75 Å². The van der Waals surface area contributed by atoms with Crippen LogP contribution in [0.15, 0.2) is 53.7 Å². The van der Waals surface area contributed by atoms with Crippen molar-refractivity contribution in [2.75, 3.05) is 11.1 Å². The smallest absolute Gasteiger partial charge is 0.416 e. The maximum atomic E-state index is 12.9. The third-order valence-electron chi connectivity index (χ3n) is 4.60. The number of halogens is 4. The lowest BCUT2D eigenvalue weighted by Crippen LogP contribution is -2.17.